The Morgan fingerprint density at radius 3 is 2.94 bits per heavy atom. The van der Waals surface area contributed by atoms with Gasteiger partial charge in [-0.1, -0.05) is 0 Å². The molecule has 1 saturated heterocycles. The number of aromatic nitrogens is 2. The number of nitrogens with one attached hydrogen (secondary N) is 1. The lowest BCUT2D eigenvalue weighted by Gasteiger charge is -2.29. The normalized spacial score (nSPS) is 17.7. The monoisotopic (exact) mass is 222 g/mol. The van der Waals surface area contributed by atoms with Crippen molar-refractivity contribution in [2.45, 2.75) is 25.4 Å². The molecule has 1 amide bonds. The third-order valence-corrected chi connectivity index (χ3v) is 3.06. The van der Waals surface area contributed by atoms with Crippen LogP contribution in [0.5, 0.6) is 0 Å². The molecule has 0 saturated carbocycles. The Morgan fingerprint density at radius 1 is 1.56 bits per heavy atom. The second-order valence-electron chi connectivity index (χ2n) is 4.23. The number of rotatable bonds is 4. The molecule has 1 aliphatic rings. The number of carbonyl (C=O) groups excluding carboxylic acids is 1. The molecule has 0 spiro atoms. The molecule has 5 heteroatoms. The van der Waals surface area contributed by atoms with Crippen molar-refractivity contribution >= 4 is 6.41 Å². The van der Waals surface area contributed by atoms with Gasteiger partial charge in [-0.05, 0) is 19.9 Å². The predicted molar refractivity (Wildman–Crippen MR) is 60.9 cm³/mol. The summed E-state index contributed by atoms with van der Waals surface area (Å²) in [5, 5.41) is 7.49. The number of nitrogens with zero attached hydrogens (tertiary/aromatic N) is 3. The first-order valence-electron chi connectivity index (χ1n) is 5.70. The van der Waals surface area contributed by atoms with Crippen molar-refractivity contribution in [1.82, 2.24) is 20.0 Å². The maximum Gasteiger partial charge on any atom is 0.209 e. The van der Waals surface area contributed by atoms with Gasteiger partial charge in [0, 0.05) is 31.4 Å². The van der Waals surface area contributed by atoms with E-state index in [4.69, 9.17) is 0 Å². The van der Waals surface area contributed by atoms with Gasteiger partial charge in [0.25, 0.3) is 0 Å². The smallest absolute Gasteiger partial charge is 0.209 e. The van der Waals surface area contributed by atoms with Crippen LogP contribution in [-0.2, 0) is 11.3 Å². The van der Waals surface area contributed by atoms with Gasteiger partial charge in [0.1, 0.15) is 0 Å². The van der Waals surface area contributed by atoms with Crippen LogP contribution in [0.15, 0.2) is 12.4 Å². The lowest BCUT2D eigenvalue weighted by atomic mass is 10.1. The predicted octanol–water partition coefficient (Wildman–Crippen LogP) is 0.396. The van der Waals surface area contributed by atoms with E-state index in [1.54, 1.807) is 0 Å². The molecule has 1 N–H and O–H groups in total. The maximum absolute atomic E-state index is 10.6. The molecule has 0 radical (unpaired) electrons. The van der Waals surface area contributed by atoms with Crippen molar-refractivity contribution in [3.8, 4) is 0 Å². The lowest BCUT2D eigenvalue weighted by Crippen LogP contribution is -2.33. The lowest BCUT2D eigenvalue weighted by molar-refractivity contribution is -0.119. The first-order chi connectivity index (χ1) is 7.83. The molecule has 1 aromatic heterocycles. The number of hydrogen-bond donors (Lipinski definition) is 1. The van der Waals surface area contributed by atoms with Crippen LogP contribution in [0.25, 0.3) is 0 Å². The summed E-state index contributed by atoms with van der Waals surface area (Å²) in [4.78, 5) is 12.4. The van der Waals surface area contributed by atoms with Gasteiger partial charge < -0.3 is 10.2 Å². The molecule has 0 atom stereocenters. The number of amides is 1. The van der Waals surface area contributed by atoms with Crippen molar-refractivity contribution in [1.29, 1.82) is 0 Å². The molecule has 2 rings (SSSR count). The average Bonchev–Trinajstić information content (AvgIpc) is 2.78. The molecule has 0 aromatic carbocycles. The Morgan fingerprint density at radius 2 is 2.31 bits per heavy atom. The third kappa shape index (κ3) is 2.41. The first-order valence-corrected chi connectivity index (χ1v) is 5.70. The molecule has 5 nitrogen and oxygen atoms in total. The summed E-state index contributed by atoms with van der Waals surface area (Å²) in [7, 11) is 1.93. The minimum absolute atomic E-state index is 0.446. The van der Waals surface area contributed by atoms with E-state index in [1.165, 1.54) is 5.56 Å². The summed E-state index contributed by atoms with van der Waals surface area (Å²) >= 11 is 0. The second kappa shape index (κ2) is 5.12. The molecule has 0 aliphatic carbocycles. The van der Waals surface area contributed by atoms with Crippen molar-refractivity contribution in [2.24, 2.45) is 0 Å². The van der Waals surface area contributed by atoms with E-state index < -0.39 is 0 Å². The first kappa shape index (κ1) is 11.1. The molecule has 1 aromatic rings. The van der Waals surface area contributed by atoms with Crippen molar-refractivity contribution in [2.75, 3.05) is 20.1 Å². The SMILES string of the molecule is CNCc1cnn(C2CCN(C=O)CC2)c1. The van der Waals surface area contributed by atoms with Gasteiger partial charge in [-0.25, -0.2) is 0 Å². The molecular formula is C11H18N4O. The van der Waals surface area contributed by atoms with E-state index >= 15 is 0 Å². The van der Waals surface area contributed by atoms with E-state index in [-0.39, 0.29) is 0 Å². The summed E-state index contributed by atoms with van der Waals surface area (Å²) in [6, 6.07) is 0.446. The highest BCUT2D eigenvalue weighted by molar-refractivity contribution is 5.47. The second-order valence-corrected chi connectivity index (χ2v) is 4.23. The Bertz CT molecular complexity index is 342. The number of piperidine rings is 1. The van der Waals surface area contributed by atoms with Crippen molar-refractivity contribution in [3.05, 3.63) is 18.0 Å². The molecule has 88 valence electrons. The van der Waals surface area contributed by atoms with E-state index in [2.05, 4.69) is 16.6 Å². The third-order valence-electron chi connectivity index (χ3n) is 3.06. The number of likely N-dealkylation sites (tertiary alicyclic amines) is 1. The minimum Gasteiger partial charge on any atom is -0.345 e. The van der Waals surface area contributed by atoms with Crippen molar-refractivity contribution in [3.63, 3.8) is 0 Å². The molecule has 0 bridgehead atoms. The zero-order chi connectivity index (χ0) is 11.4. The highest BCUT2D eigenvalue weighted by atomic mass is 16.1. The van der Waals surface area contributed by atoms with Crippen LogP contribution in [-0.4, -0.2) is 41.2 Å². The average molecular weight is 222 g/mol. The fraction of sp³-hybridized carbons (Fsp3) is 0.636. The molecular weight excluding hydrogens is 204 g/mol. The van der Waals surface area contributed by atoms with Gasteiger partial charge in [-0.2, -0.15) is 5.10 Å². The maximum atomic E-state index is 10.6. The Balaban J connectivity index is 1.94. The highest BCUT2D eigenvalue weighted by Crippen LogP contribution is 2.21. The largest absolute Gasteiger partial charge is 0.345 e. The van der Waals surface area contributed by atoms with Gasteiger partial charge in [0.2, 0.25) is 6.41 Å². The van der Waals surface area contributed by atoms with Crippen LogP contribution in [0.3, 0.4) is 0 Å². The van der Waals surface area contributed by atoms with Crippen LogP contribution in [0.2, 0.25) is 0 Å². The topological polar surface area (TPSA) is 50.2 Å². The van der Waals surface area contributed by atoms with Crippen LogP contribution in [0.1, 0.15) is 24.4 Å². The van der Waals surface area contributed by atoms with Crippen LogP contribution in [0, 0.1) is 0 Å². The molecule has 0 unspecified atom stereocenters. The van der Waals surface area contributed by atoms with Gasteiger partial charge in [-0.15, -0.1) is 0 Å². The molecule has 1 aliphatic heterocycles. The Labute approximate surface area is 95.4 Å². The fourth-order valence-corrected chi connectivity index (χ4v) is 2.13. The summed E-state index contributed by atoms with van der Waals surface area (Å²) < 4.78 is 2.04. The fourth-order valence-electron chi connectivity index (χ4n) is 2.13. The van der Waals surface area contributed by atoms with Crippen LogP contribution in [0.4, 0.5) is 0 Å². The van der Waals surface area contributed by atoms with Crippen LogP contribution >= 0.6 is 0 Å². The summed E-state index contributed by atoms with van der Waals surface area (Å²) in [6.07, 6.45) is 6.94. The van der Waals surface area contributed by atoms with E-state index in [1.807, 2.05) is 22.8 Å². The summed E-state index contributed by atoms with van der Waals surface area (Å²) in [5.74, 6) is 0. The summed E-state index contributed by atoms with van der Waals surface area (Å²) in [5.41, 5.74) is 1.21. The minimum atomic E-state index is 0.446. The zero-order valence-electron chi connectivity index (χ0n) is 9.59. The molecule has 1 fully saturated rings. The number of carbonyl (C=O) groups is 1. The molecule has 16 heavy (non-hydrogen) atoms. The van der Waals surface area contributed by atoms with E-state index in [0.29, 0.717) is 6.04 Å². The van der Waals surface area contributed by atoms with Crippen LogP contribution < -0.4 is 5.32 Å². The Kier molecular flexibility index (Phi) is 3.56. The number of hydrogen-bond acceptors (Lipinski definition) is 3. The van der Waals surface area contributed by atoms with E-state index in [9.17, 15) is 4.79 Å². The van der Waals surface area contributed by atoms with Gasteiger partial charge in [-0.3, -0.25) is 9.48 Å². The Hall–Kier alpha value is -1.36. The van der Waals surface area contributed by atoms with Gasteiger partial charge >= 0.3 is 0 Å². The zero-order valence-corrected chi connectivity index (χ0v) is 9.59. The van der Waals surface area contributed by atoms with E-state index in [0.717, 1.165) is 38.9 Å². The molecule has 2 heterocycles. The highest BCUT2D eigenvalue weighted by Gasteiger charge is 2.19. The van der Waals surface area contributed by atoms with Gasteiger partial charge in [0.05, 0.1) is 12.2 Å². The van der Waals surface area contributed by atoms with Crippen molar-refractivity contribution < 1.29 is 4.79 Å². The quantitative estimate of drug-likeness (QED) is 0.750. The van der Waals surface area contributed by atoms with Gasteiger partial charge in [0.15, 0.2) is 0 Å². The summed E-state index contributed by atoms with van der Waals surface area (Å²) in [6.45, 7) is 2.54. The standard InChI is InChI=1S/C11H18N4O/c1-12-6-10-7-13-15(8-10)11-2-4-14(9-16)5-3-11/h7-9,11-12H,2-6H2,1H3.